The van der Waals surface area contributed by atoms with Gasteiger partial charge in [-0.3, -0.25) is 9.59 Å². The zero-order valence-electron chi connectivity index (χ0n) is 40.1. The number of esters is 2. The number of rotatable bonds is 14. The Morgan fingerprint density at radius 3 is 1.20 bits per heavy atom. The molecule has 4 N–H and O–H groups in total. The lowest BCUT2D eigenvalue weighted by Crippen LogP contribution is -2.13. The lowest BCUT2D eigenvalue weighted by atomic mass is 10.0. The number of nitrogens with zero attached hydrogens (tertiary/aromatic N) is 4. The van der Waals surface area contributed by atoms with E-state index in [1.807, 2.05) is 13.8 Å². The molecule has 9 aromatic rings. The number of halogens is 4. The second kappa shape index (κ2) is 22.8. The van der Waals surface area contributed by atoms with Gasteiger partial charge < -0.3 is 30.3 Å². The maximum Gasteiger partial charge on any atom is 0.343 e. The molecule has 0 atom stereocenters. The van der Waals surface area contributed by atoms with E-state index < -0.39 is 35.3 Å². The number of carbonyl (C=O) groups excluding carboxylic acids is 4. The first-order valence-electron chi connectivity index (χ1n) is 23.3. The smallest absolute Gasteiger partial charge is 0.343 e. The monoisotopic (exact) mass is 1090 g/mol. The number of carbonyl (C=O) groups is 4. The van der Waals surface area contributed by atoms with E-state index >= 15 is 0 Å². The minimum Gasteiger partial charge on any atom is -0.505 e. The van der Waals surface area contributed by atoms with E-state index in [1.165, 1.54) is 60.7 Å². The summed E-state index contributed by atoms with van der Waals surface area (Å²) in [5, 5.41) is 50.0. The number of hydrogen-bond donors (Lipinski definition) is 4. The predicted molar refractivity (Wildman–Crippen MR) is 296 cm³/mol. The molecule has 0 heterocycles. The van der Waals surface area contributed by atoms with Crippen LogP contribution in [0.15, 0.2) is 178 Å². The van der Waals surface area contributed by atoms with Crippen LogP contribution in [0.3, 0.4) is 0 Å². The highest BCUT2D eigenvalue weighted by Gasteiger charge is 2.22. The fourth-order valence-electron chi connectivity index (χ4n) is 8.10. The number of phenolic OH excluding ortho intramolecular Hbond substituents is 2. The molecule has 0 saturated heterocycles. The normalized spacial score (nSPS) is 11.3. The third kappa shape index (κ3) is 11.8. The van der Waals surface area contributed by atoms with Crippen LogP contribution in [0.5, 0.6) is 23.0 Å². The third-order valence-corrected chi connectivity index (χ3v) is 12.8. The number of ether oxygens (including phenoxy) is 2. The van der Waals surface area contributed by atoms with Gasteiger partial charge in [0.2, 0.25) is 0 Å². The minimum atomic E-state index is -0.686. The van der Waals surface area contributed by atoms with E-state index in [9.17, 15) is 29.4 Å². The van der Waals surface area contributed by atoms with Gasteiger partial charge in [0.05, 0.1) is 33.6 Å². The highest BCUT2D eigenvalue weighted by molar-refractivity contribution is 6.35. The fraction of sp³-hybridized carbons (Fsp3) is 0.0690. The molecule has 0 aliphatic carbocycles. The van der Waals surface area contributed by atoms with Gasteiger partial charge in [-0.1, -0.05) is 121 Å². The fourth-order valence-corrected chi connectivity index (χ4v) is 9.11. The van der Waals surface area contributed by atoms with Crippen molar-refractivity contribution in [3.8, 4) is 23.0 Å². The average molecular weight is 1090 g/mol. The number of aryl methyl sites for hydroxylation is 2. The van der Waals surface area contributed by atoms with Crippen molar-refractivity contribution in [1.82, 2.24) is 0 Å². The molecular formula is C58H40Cl4N6O8. The van der Waals surface area contributed by atoms with Crippen molar-refractivity contribution in [3.63, 3.8) is 0 Å². The first-order valence-corrected chi connectivity index (χ1v) is 24.8. The number of amides is 2. The first-order chi connectivity index (χ1) is 36.6. The predicted octanol–water partition coefficient (Wildman–Crippen LogP) is 16.9. The molecule has 378 valence electrons. The summed E-state index contributed by atoms with van der Waals surface area (Å²) in [5.74, 6) is -3.27. The molecule has 9 rings (SSSR count). The summed E-state index contributed by atoms with van der Waals surface area (Å²) >= 11 is 24.4. The summed E-state index contributed by atoms with van der Waals surface area (Å²) in [6, 6.07) is 41.9. The highest BCUT2D eigenvalue weighted by atomic mass is 35.5. The highest BCUT2D eigenvalue weighted by Crippen LogP contribution is 2.42. The second-order valence-electron chi connectivity index (χ2n) is 17.0. The van der Waals surface area contributed by atoms with Gasteiger partial charge in [-0.15, -0.1) is 10.2 Å². The van der Waals surface area contributed by atoms with Crippen LogP contribution in [0.4, 0.5) is 34.1 Å². The molecule has 76 heavy (non-hydrogen) atoms. The number of fused-ring (bicyclic) bond motifs is 2. The number of nitrogens with one attached hydrogen (secondary N) is 2. The van der Waals surface area contributed by atoms with E-state index in [0.29, 0.717) is 77.2 Å². The van der Waals surface area contributed by atoms with E-state index in [2.05, 4.69) is 31.1 Å². The number of benzene rings is 9. The third-order valence-electron chi connectivity index (χ3n) is 11.9. The number of azo groups is 2. The van der Waals surface area contributed by atoms with Gasteiger partial charge in [-0.05, 0) is 132 Å². The second-order valence-corrected chi connectivity index (χ2v) is 18.7. The molecule has 0 saturated carbocycles. The van der Waals surface area contributed by atoms with E-state index in [1.54, 1.807) is 97.1 Å². The molecule has 2 amide bonds. The molecule has 0 aromatic heterocycles. The summed E-state index contributed by atoms with van der Waals surface area (Å²) in [4.78, 5) is 54.2. The van der Waals surface area contributed by atoms with E-state index in [-0.39, 0.29) is 45.1 Å². The van der Waals surface area contributed by atoms with E-state index in [0.717, 1.165) is 11.1 Å². The van der Waals surface area contributed by atoms with Crippen molar-refractivity contribution in [2.75, 3.05) is 10.6 Å². The number of anilines is 2. The van der Waals surface area contributed by atoms with Gasteiger partial charge in [-0.2, -0.15) is 10.2 Å². The molecule has 18 heteroatoms. The number of hydrogen-bond acceptors (Lipinski definition) is 12. The Balaban J connectivity index is 0.924. The molecule has 0 bridgehead atoms. The Bertz CT molecular complexity index is 3580. The van der Waals surface area contributed by atoms with Gasteiger partial charge >= 0.3 is 11.9 Å². The lowest BCUT2D eigenvalue weighted by Gasteiger charge is -2.13. The van der Waals surface area contributed by atoms with Crippen LogP contribution in [-0.2, 0) is 12.8 Å². The van der Waals surface area contributed by atoms with Crippen LogP contribution < -0.4 is 20.1 Å². The Hall–Kier alpha value is -8.66. The van der Waals surface area contributed by atoms with Crippen LogP contribution in [0, 0.1) is 0 Å². The van der Waals surface area contributed by atoms with Gasteiger partial charge in [0, 0.05) is 42.2 Å². The summed E-state index contributed by atoms with van der Waals surface area (Å²) in [5.41, 5.74) is 3.00. The largest absolute Gasteiger partial charge is 0.505 e. The number of aromatic hydroxyl groups is 2. The molecule has 14 nitrogen and oxygen atoms in total. The summed E-state index contributed by atoms with van der Waals surface area (Å²) < 4.78 is 11.0. The molecular weight excluding hydrogens is 1050 g/mol. The van der Waals surface area contributed by atoms with Gasteiger partial charge in [0.25, 0.3) is 11.8 Å². The van der Waals surface area contributed by atoms with Crippen LogP contribution in [0.25, 0.3) is 21.5 Å². The van der Waals surface area contributed by atoms with Crippen LogP contribution in [0.2, 0.25) is 20.1 Å². The standard InChI is InChI=1S/C58H40Cl4N6O8/c1-3-31-13-15-35(57(73)75-43-27-37(59)25-38(60)28-43)23-49(31)65-67-51-45-11-7-5-9-33(45)21-47(53(51)69)55(71)63-41-17-19-42(20-18-41)64-56(72)48-22-34-10-6-8-12-46(34)52(54(48)70)68-66-50-24-36(16-14-32(50)4-2)58(74)76-44-29-39(61)26-40(62)30-44/h5-30,69-70H,3-4H2,1-2H3,(H,63,71)(H,64,72). The molecule has 0 fully saturated rings. The SMILES string of the molecule is CCc1ccc(C(=O)Oc2cc(Cl)cc(Cl)c2)cc1N=Nc1c(O)c(C(=O)Nc2ccc(NC(=O)c3cc4ccccc4c(N=Nc4cc(C(=O)Oc5cc(Cl)cc(Cl)c5)ccc4CC)c3O)cc2)cc2ccccc12. The van der Waals surface area contributed by atoms with Crippen molar-refractivity contribution in [1.29, 1.82) is 0 Å². The Labute approximate surface area is 454 Å². The first kappa shape index (κ1) is 52.2. The molecule has 0 aliphatic heterocycles. The van der Waals surface area contributed by atoms with Crippen molar-refractivity contribution in [2.24, 2.45) is 20.5 Å². The summed E-state index contributed by atoms with van der Waals surface area (Å²) in [7, 11) is 0. The van der Waals surface area contributed by atoms with E-state index in [4.69, 9.17) is 55.9 Å². The summed E-state index contributed by atoms with van der Waals surface area (Å²) in [6.45, 7) is 3.82. The van der Waals surface area contributed by atoms with Crippen molar-refractivity contribution in [3.05, 3.63) is 211 Å². The summed E-state index contributed by atoms with van der Waals surface area (Å²) in [6.07, 6.45) is 1.07. The lowest BCUT2D eigenvalue weighted by molar-refractivity contribution is 0.0725. The molecule has 0 radical (unpaired) electrons. The minimum absolute atomic E-state index is 0.0188. The molecule has 0 unspecified atom stereocenters. The maximum absolute atomic E-state index is 13.9. The molecule has 0 aliphatic rings. The Morgan fingerprint density at radius 1 is 0.461 bits per heavy atom. The van der Waals surface area contributed by atoms with Crippen molar-refractivity contribution >= 4 is 126 Å². The zero-order chi connectivity index (χ0) is 53.6. The van der Waals surface area contributed by atoms with Gasteiger partial charge in [-0.25, -0.2) is 9.59 Å². The van der Waals surface area contributed by atoms with Crippen molar-refractivity contribution < 1.29 is 38.9 Å². The van der Waals surface area contributed by atoms with Crippen molar-refractivity contribution in [2.45, 2.75) is 26.7 Å². The molecule has 0 spiro atoms. The maximum atomic E-state index is 13.9. The average Bonchev–Trinajstić information content (AvgIpc) is 3.40. The van der Waals surface area contributed by atoms with Crippen LogP contribution in [-0.4, -0.2) is 34.0 Å². The molecule has 9 aromatic carbocycles. The Morgan fingerprint density at radius 2 is 0.829 bits per heavy atom. The van der Waals surface area contributed by atoms with Gasteiger partial charge in [0.15, 0.2) is 11.5 Å². The van der Waals surface area contributed by atoms with Crippen LogP contribution in [0.1, 0.15) is 66.4 Å². The topological polar surface area (TPSA) is 201 Å². The quantitative estimate of drug-likeness (QED) is 0.0468. The van der Waals surface area contributed by atoms with Crippen LogP contribution >= 0.6 is 46.4 Å². The Kier molecular flexibility index (Phi) is 15.7. The van der Waals surface area contributed by atoms with Gasteiger partial charge in [0.1, 0.15) is 22.9 Å². The number of phenols is 2. The zero-order valence-corrected chi connectivity index (χ0v) is 43.1.